The molecule has 1 aromatic rings. The third-order valence-electron chi connectivity index (χ3n) is 3.31. The minimum atomic E-state index is -0.936. The van der Waals surface area contributed by atoms with Crippen LogP contribution >= 0.6 is 0 Å². The van der Waals surface area contributed by atoms with E-state index < -0.39 is 12.0 Å². The van der Waals surface area contributed by atoms with Gasteiger partial charge in [-0.3, -0.25) is 4.79 Å². The van der Waals surface area contributed by atoms with Crippen LogP contribution in [0.15, 0.2) is 18.2 Å². The first kappa shape index (κ1) is 11.6. The number of amides is 1. The fourth-order valence-electron chi connectivity index (χ4n) is 2.35. The highest BCUT2D eigenvalue weighted by atomic mass is 16.4. The standard InChI is InChI=1S/C13H15NO3/c1-8-4-3-5-10-7-14(9(2)15)12(13(16)17)6-11(8)10/h3-5,12H,6-7H2,1-2H3,(H,16,17). The highest BCUT2D eigenvalue weighted by molar-refractivity contribution is 5.83. The van der Waals surface area contributed by atoms with Crippen LogP contribution in [-0.2, 0) is 22.6 Å². The van der Waals surface area contributed by atoms with Crippen LogP contribution in [0.25, 0.3) is 0 Å². The third-order valence-corrected chi connectivity index (χ3v) is 3.31. The molecule has 0 aliphatic carbocycles. The summed E-state index contributed by atoms with van der Waals surface area (Å²) in [5, 5.41) is 9.18. The zero-order valence-corrected chi connectivity index (χ0v) is 9.93. The fraction of sp³-hybridized carbons (Fsp3) is 0.385. The molecule has 0 aromatic heterocycles. The van der Waals surface area contributed by atoms with Gasteiger partial charge < -0.3 is 10.0 Å². The van der Waals surface area contributed by atoms with Crippen LogP contribution in [0.2, 0.25) is 0 Å². The number of carbonyl (C=O) groups is 2. The summed E-state index contributed by atoms with van der Waals surface area (Å²) in [6, 6.07) is 5.13. The zero-order chi connectivity index (χ0) is 12.6. The van der Waals surface area contributed by atoms with Crippen molar-refractivity contribution in [3.05, 3.63) is 34.9 Å². The van der Waals surface area contributed by atoms with Crippen molar-refractivity contribution < 1.29 is 14.7 Å². The van der Waals surface area contributed by atoms with Crippen molar-refractivity contribution in [2.45, 2.75) is 32.9 Å². The van der Waals surface area contributed by atoms with E-state index in [9.17, 15) is 14.7 Å². The molecule has 0 radical (unpaired) electrons. The summed E-state index contributed by atoms with van der Waals surface area (Å²) in [4.78, 5) is 24.1. The molecule has 2 rings (SSSR count). The van der Waals surface area contributed by atoms with E-state index in [0.29, 0.717) is 13.0 Å². The predicted molar refractivity (Wildman–Crippen MR) is 62.5 cm³/mol. The van der Waals surface area contributed by atoms with Crippen LogP contribution in [0.1, 0.15) is 23.6 Å². The first-order valence-electron chi connectivity index (χ1n) is 5.58. The molecular weight excluding hydrogens is 218 g/mol. The molecule has 1 aromatic carbocycles. The molecule has 4 nitrogen and oxygen atoms in total. The Bertz CT molecular complexity index is 482. The fourth-order valence-corrected chi connectivity index (χ4v) is 2.35. The number of aliphatic carboxylic acids is 1. The van der Waals surface area contributed by atoms with Gasteiger partial charge in [-0.1, -0.05) is 18.2 Å². The Morgan fingerprint density at radius 1 is 1.41 bits per heavy atom. The summed E-state index contributed by atoms with van der Waals surface area (Å²) in [5.41, 5.74) is 3.21. The van der Waals surface area contributed by atoms with Crippen LogP contribution in [0.5, 0.6) is 0 Å². The molecule has 1 aliphatic rings. The molecule has 1 amide bonds. The summed E-state index contributed by atoms with van der Waals surface area (Å²) in [7, 11) is 0. The van der Waals surface area contributed by atoms with Gasteiger partial charge in [0.25, 0.3) is 0 Å². The first-order chi connectivity index (χ1) is 8.00. The van der Waals surface area contributed by atoms with Crippen molar-refractivity contribution in [3.8, 4) is 0 Å². The van der Waals surface area contributed by atoms with Crippen molar-refractivity contribution in [1.82, 2.24) is 4.90 Å². The quantitative estimate of drug-likeness (QED) is 0.796. The largest absolute Gasteiger partial charge is 0.480 e. The molecule has 1 aliphatic heterocycles. The van der Waals surface area contributed by atoms with Crippen LogP contribution < -0.4 is 0 Å². The Hall–Kier alpha value is -1.84. The molecule has 17 heavy (non-hydrogen) atoms. The number of carboxylic acids is 1. The molecule has 4 heteroatoms. The maximum absolute atomic E-state index is 11.5. The Balaban J connectivity index is 2.43. The maximum atomic E-state index is 11.5. The lowest BCUT2D eigenvalue weighted by Gasteiger charge is -2.34. The smallest absolute Gasteiger partial charge is 0.326 e. The van der Waals surface area contributed by atoms with Gasteiger partial charge in [-0.15, -0.1) is 0 Å². The molecule has 1 heterocycles. The highest BCUT2D eigenvalue weighted by Crippen LogP contribution is 2.26. The van der Waals surface area contributed by atoms with Crippen LogP contribution in [0.4, 0.5) is 0 Å². The van der Waals surface area contributed by atoms with Gasteiger partial charge in [-0.05, 0) is 23.6 Å². The Morgan fingerprint density at radius 2 is 2.12 bits per heavy atom. The van der Waals surface area contributed by atoms with E-state index in [-0.39, 0.29) is 5.91 Å². The van der Waals surface area contributed by atoms with Crippen molar-refractivity contribution in [1.29, 1.82) is 0 Å². The first-order valence-corrected chi connectivity index (χ1v) is 5.58. The van der Waals surface area contributed by atoms with E-state index in [1.807, 2.05) is 25.1 Å². The summed E-state index contributed by atoms with van der Waals surface area (Å²) < 4.78 is 0. The second-order valence-electron chi connectivity index (χ2n) is 4.42. The van der Waals surface area contributed by atoms with Gasteiger partial charge in [0.1, 0.15) is 6.04 Å². The Kier molecular flexibility index (Phi) is 2.88. The normalized spacial score (nSPS) is 18.7. The van der Waals surface area contributed by atoms with Gasteiger partial charge in [0.05, 0.1) is 0 Å². The number of hydrogen-bond donors (Lipinski definition) is 1. The molecule has 1 atom stereocenters. The number of carboxylic acid groups (broad SMARTS) is 1. The van der Waals surface area contributed by atoms with E-state index in [1.165, 1.54) is 11.8 Å². The number of aryl methyl sites for hydroxylation is 1. The van der Waals surface area contributed by atoms with Gasteiger partial charge >= 0.3 is 5.97 Å². The monoisotopic (exact) mass is 233 g/mol. The van der Waals surface area contributed by atoms with Crippen molar-refractivity contribution in [3.63, 3.8) is 0 Å². The topological polar surface area (TPSA) is 57.6 Å². The molecule has 0 saturated carbocycles. The van der Waals surface area contributed by atoms with Gasteiger partial charge in [-0.2, -0.15) is 0 Å². The molecule has 90 valence electrons. The molecule has 0 spiro atoms. The number of hydrogen-bond acceptors (Lipinski definition) is 2. The second-order valence-corrected chi connectivity index (χ2v) is 4.42. The van der Waals surface area contributed by atoms with Gasteiger partial charge in [0.2, 0.25) is 5.91 Å². The lowest BCUT2D eigenvalue weighted by atomic mass is 9.90. The Labute approximate surface area is 99.9 Å². The minimum Gasteiger partial charge on any atom is -0.480 e. The summed E-state index contributed by atoms with van der Waals surface area (Å²) >= 11 is 0. The van der Waals surface area contributed by atoms with Crippen molar-refractivity contribution in [2.24, 2.45) is 0 Å². The number of carbonyl (C=O) groups excluding carboxylic acids is 1. The number of rotatable bonds is 1. The van der Waals surface area contributed by atoms with Crippen molar-refractivity contribution in [2.75, 3.05) is 0 Å². The van der Waals surface area contributed by atoms with Gasteiger partial charge in [0.15, 0.2) is 0 Å². The summed E-state index contributed by atoms with van der Waals surface area (Å²) in [6.07, 6.45) is 0.400. The van der Waals surface area contributed by atoms with E-state index >= 15 is 0 Å². The SMILES string of the molecule is CC(=O)N1Cc2cccc(C)c2CC1C(=O)O. The predicted octanol–water partition coefficient (Wildman–Crippen LogP) is 1.35. The van der Waals surface area contributed by atoms with E-state index in [1.54, 1.807) is 0 Å². The summed E-state index contributed by atoms with van der Waals surface area (Å²) in [5.74, 6) is -1.13. The lowest BCUT2D eigenvalue weighted by molar-refractivity contribution is -0.150. The van der Waals surface area contributed by atoms with E-state index in [0.717, 1.165) is 16.7 Å². The van der Waals surface area contributed by atoms with Crippen molar-refractivity contribution >= 4 is 11.9 Å². The van der Waals surface area contributed by atoms with E-state index in [2.05, 4.69) is 0 Å². The molecule has 1 N–H and O–H groups in total. The average molecular weight is 233 g/mol. The molecule has 0 fully saturated rings. The van der Waals surface area contributed by atoms with Gasteiger partial charge in [-0.25, -0.2) is 4.79 Å². The maximum Gasteiger partial charge on any atom is 0.326 e. The number of nitrogens with zero attached hydrogens (tertiary/aromatic N) is 1. The van der Waals surface area contributed by atoms with Crippen LogP contribution in [0.3, 0.4) is 0 Å². The van der Waals surface area contributed by atoms with E-state index in [4.69, 9.17) is 0 Å². The molecular formula is C13H15NO3. The van der Waals surface area contributed by atoms with Crippen LogP contribution in [-0.4, -0.2) is 27.9 Å². The minimum absolute atomic E-state index is 0.190. The molecule has 0 saturated heterocycles. The molecule has 0 bridgehead atoms. The average Bonchev–Trinajstić information content (AvgIpc) is 2.27. The summed E-state index contributed by atoms with van der Waals surface area (Å²) in [6.45, 7) is 3.78. The Morgan fingerprint density at radius 3 is 2.71 bits per heavy atom. The number of benzene rings is 1. The highest BCUT2D eigenvalue weighted by Gasteiger charge is 2.33. The third kappa shape index (κ3) is 2.02. The lowest BCUT2D eigenvalue weighted by Crippen LogP contribution is -2.47. The molecule has 1 unspecified atom stereocenters. The zero-order valence-electron chi connectivity index (χ0n) is 9.93. The second kappa shape index (κ2) is 4.20. The van der Waals surface area contributed by atoms with Gasteiger partial charge in [0, 0.05) is 19.9 Å². The number of fused-ring (bicyclic) bond motifs is 1. The van der Waals surface area contributed by atoms with Crippen LogP contribution in [0, 0.1) is 6.92 Å².